The number of hydrogen-bond donors (Lipinski definition) is 1. The van der Waals surface area contributed by atoms with Gasteiger partial charge in [-0.25, -0.2) is 0 Å². The van der Waals surface area contributed by atoms with E-state index >= 15 is 0 Å². The molecule has 0 radical (unpaired) electrons. The van der Waals surface area contributed by atoms with Crippen LogP contribution in [0.1, 0.15) is 54.4 Å². The van der Waals surface area contributed by atoms with E-state index in [1.54, 1.807) is 0 Å². The van der Waals surface area contributed by atoms with Crippen LogP contribution in [0.2, 0.25) is 36.3 Å². The standard InChI is InChI=1S/C19H39IO4Si2/c1-18(2,3)25(7,8)23-15(11-12-17(21)22)16(13-14-20)24-26(9,10)19(4,5)6/h13-16H,11-12H2,1-10H3,(H,21,22)/b14-13+/t15-,16+/m0/s1. The van der Waals surface area contributed by atoms with Crippen molar-refractivity contribution in [1.82, 2.24) is 0 Å². The Balaban J connectivity index is 5.73. The Hall–Kier alpha value is 0.294. The Bertz CT molecular complexity index is 491. The number of carboxylic acid groups (broad SMARTS) is 1. The summed E-state index contributed by atoms with van der Waals surface area (Å²) in [5, 5.41) is 9.34. The summed E-state index contributed by atoms with van der Waals surface area (Å²) in [5.41, 5.74) is 0. The van der Waals surface area contributed by atoms with Gasteiger partial charge in [-0.1, -0.05) is 64.1 Å². The average Bonchev–Trinajstić information content (AvgIpc) is 2.40. The normalized spacial score (nSPS) is 16.7. The summed E-state index contributed by atoms with van der Waals surface area (Å²) < 4.78 is 15.2. The van der Waals surface area contributed by atoms with Crippen molar-refractivity contribution >= 4 is 45.2 Å². The second-order valence-corrected chi connectivity index (χ2v) is 20.2. The summed E-state index contributed by atoms with van der Waals surface area (Å²) >= 11 is 2.20. The van der Waals surface area contributed by atoms with Gasteiger partial charge < -0.3 is 14.0 Å². The van der Waals surface area contributed by atoms with Crippen LogP contribution in [0.4, 0.5) is 0 Å². The van der Waals surface area contributed by atoms with Crippen LogP contribution < -0.4 is 0 Å². The molecule has 0 aliphatic heterocycles. The van der Waals surface area contributed by atoms with Crippen molar-refractivity contribution in [2.45, 2.75) is 103 Å². The second-order valence-electron chi connectivity index (χ2n) is 10.0. The first-order chi connectivity index (χ1) is 11.4. The second kappa shape index (κ2) is 9.67. The van der Waals surface area contributed by atoms with E-state index in [0.29, 0.717) is 6.42 Å². The molecule has 0 spiro atoms. The Morgan fingerprint density at radius 1 is 1.00 bits per heavy atom. The zero-order valence-electron chi connectivity index (χ0n) is 18.3. The third-order valence-corrected chi connectivity index (χ3v) is 15.2. The first-order valence-corrected chi connectivity index (χ1v) is 16.3. The van der Waals surface area contributed by atoms with E-state index in [0.717, 1.165) is 0 Å². The van der Waals surface area contributed by atoms with E-state index in [2.05, 4.69) is 90.3 Å². The average molecular weight is 515 g/mol. The molecule has 0 saturated carbocycles. The lowest BCUT2D eigenvalue weighted by atomic mass is 10.1. The quantitative estimate of drug-likeness (QED) is 0.279. The number of hydrogen-bond acceptors (Lipinski definition) is 3. The number of rotatable bonds is 9. The number of carboxylic acids is 1. The first-order valence-electron chi connectivity index (χ1n) is 9.29. The van der Waals surface area contributed by atoms with Gasteiger partial charge in [-0.05, 0) is 52.8 Å². The van der Waals surface area contributed by atoms with Gasteiger partial charge in [0.05, 0.1) is 12.2 Å². The Morgan fingerprint density at radius 3 is 1.77 bits per heavy atom. The maximum atomic E-state index is 11.2. The highest BCUT2D eigenvalue weighted by Crippen LogP contribution is 2.41. The number of aliphatic carboxylic acids is 1. The summed E-state index contributed by atoms with van der Waals surface area (Å²) in [6.07, 6.45) is 2.11. The molecule has 0 rings (SSSR count). The van der Waals surface area contributed by atoms with Crippen molar-refractivity contribution in [3.63, 3.8) is 0 Å². The zero-order chi connectivity index (χ0) is 21.0. The third kappa shape index (κ3) is 8.12. The molecule has 154 valence electrons. The van der Waals surface area contributed by atoms with Crippen molar-refractivity contribution < 1.29 is 18.8 Å². The molecular weight excluding hydrogens is 475 g/mol. The molecule has 0 unspecified atom stereocenters. The van der Waals surface area contributed by atoms with Gasteiger partial charge in [-0.15, -0.1) is 0 Å². The summed E-state index contributed by atoms with van der Waals surface area (Å²) in [4.78, 5) is 11.2. The predicted octanol–water partition coefficient (Wildman–Crippen LogP) is 6.58. The van der Waals surface area contributed by atoms with Gasteiger partial charge in [0, 0.05) is 6.42 Å². The molecule has 0 heterocycles. The topological polar surface area (TPSA) is 55.8 Å². The molecule has 0 aliphatic carbocycles. The maximum Gasteiger partial charge on any atom is 0.303 e. The Kier molecular flexibility index (Phi) is 9.78. The molecular formula is C19H39IO4Si2. The van der Waals surface area contributed by atoms with Crippen LogP contribution >= 0.6 is 22.6 Å². The molecule has 0 aromatic carbocycles. The van der Waals surface area contributed by atoms with Crippen LogP contribution in [0.5, 0.6) is 0 Å². The fourth-order valence-electron chi connectivity index (χ4n) is 1.94. The summed E-state index contributed by atoms with van der Waals surface area (Å²) in [6.45, 7) is 22.1. The van der Waals surface area contributed by atoms with Crippen LogP contribution in [0.3, 0.4) is 0 Å². The number of carbonyl (C=O) groups is 1. The van der Waals surface area contributed by atoms with Crippen LogP contribution in [-0.4, -0.2) is 39.9 Å². The van der Waals surface area contributed by atoms with Crippen molar-refractivity contribution in [3.05, 3.63) is 10.2 Å². The van der Waals surface area contributed by atoms with E-state index in [1.165, 1.54) is 0 Å². The van der Waals surface area contributed by atoms with E-state index in [1.807, 2.05) is 10.2 Å². The van der Waals surface area contributed by atoms with Gasteiger partial charge in [0.2, 0.25) is 0 Å². The van der Waals surface area contributed by atoms with Crippen LogP contribution in [0.25, 0.3) is 0 Å². The summed E-state index contributed by atoms with van der Waals surface area (Å²) in [7, 11) is -4.06. The highest BCUT2D eigenvalue weighted by atomic mass is 127. The van der Waals surface area contributed by atoms with Gasteiger partial charge in [0.15, 0.2) is 16.6 Å². The third-order valence-electron chi connectivity index (χ3n) is 5.76. The molecule has 0 fully saturated rings. The molecule has 0 bridgehead atoms. The predicted molar refractivity (Wildman–Crippen MR) is 124 cm³/mol. The minimum atomic E-state index is -2.05. The molecule has 2 atom stereocenters. The van der Waals surface area contributed by atoms with Gasteiger partial charge in [0.1, 0.15) is 0 Å². The van der Waals surface area contributed by atoms with Crippen LogP contribution in [-0.2, 0) is 13.6 Å². The highest BCUT2D eigenvalue weighted by Gasteiger charge is 2.44. The molecule has 0 amide bonds. The van der Waals surface area contributed by atoms with Crippen molar-refractivity contribution in [2.75, 3.05) is 0 Å². The summed E-state index contributed by atoms with van der Waals surface area (Å²) in [6, 6.07) is 0. The van der Waals surface area contributed by atoms with E-state index in [9.17, 15) is 9.90 Å². The molecule has 1 N–H and O–H groups in total. The van der Waals surface area contributed by atoms with Gasteiger partial charge in [-0.2, -0.15) is 0 Å². The van der Waals surface area contributed by atoms with Crippen molar-refractivity contribution in [1.29, 1.82) is 0 Å². The number of halogens is 1. The van der Waals surface area contributed by atoms with E-state index in [-0.39, 0.29) is 28.7 Å². The van der Waals surface area contributed by atoms with Crippen molar-refractivity contribution in [2.24, 2.45) is 0 Å². The minimum Gasteiger partial charge on any atom is -0.481 e. The fourth-order valence-corrected chi connectivity index (χ4v) is 4.97. The Labute approximate surface area is 176 Å². The lowest BCUT2D eigenvalue weighted by Gasteiger charge is -2.44. The first kappa shape index (κ1) is 26.3. The highest BCUT2D eigenvalue weighted by molar-refractivity contribution is 14.1. The van der Waals surface area contributed by atoms with E-state index < -0.39 is 22.6 Å². The molecule has 0 aromatic heterocycles. The maximum absolute atomic E-state index is 11.2. The Morgan fingerprint density at radius 2 is 1.42 bits per heavy atom. The SMILES string of the molecule is CC(C)(C)[Si](C)(C)O[C@@H](CCC(=O)O)[C@@H](/C=C/I)O[Si](C)(C)C(C)(C)C. The molecule has 26 heavy (non-hydrogen) atoms. The van der Waals surface area contributed by atoms with Gasteiger partial charge in [-0.3, -0.25) is 4.79 Å². The smallest absolute Gasteiger partial charge is 0.303 e. The molecule has 0 saturated heterocycles. The van der Waals surface area contributed by atoms with Gasteiger partial charge >= 0.3 is 5.97 Å². The molecule has 7 heteroatoms. The zero-order valence-corrected chi connectivity index (χ0v) is 22.4. The lowest BCUT2D eigenvalue weighted by molar-refractivity contribution is -0.137. The van der Waals surface area contributed by atoms with Crippen LogP contribution in [0, 0.1) is 0 Å². The fraction of sp³-hybridized carbons (Fsp3) is 0.842. The molecule has 4 nitrogen and oxygen atoms in total. The van der Waals surface area contributed by atoms with Gasteiger partial charge in [0.25, 0.3) is 0 Å². The summed E-state index contributed by atoms with van der Waals surface area (Å²) in [5.74, 6) is -0.793. The molecule has 0 aliphatic rings. The minimum absolute atomic E-state index is 0.0596. The molecule has 0 aromatic rings. The van der Waals surface area contributed by atoms with E-state index in [4.69, 9.17) is 8.85 Å². The van der Waals surface area contributed by atoms with Crippen molar-refractivity contribution in [3.8, 4) is 0 Å². The van der Waals surface area contributed by atoms with Crippen LogP contribution in [0.15, 0.2) is 10.2 Å². The monoisotopic (exact) mass is 514 g/mol. The lowest BCUT2D eigenvalue weighted by Crippen LogP contribution is -2.51. The largest absolute Gasteiger partial charge is 0.481 e.